The zero-order valence-electron chi connectivity index (χ0n) is 12.4. The van der Waals surface area contributed by atoms with Crippen molar-refractivity contribution in [2.75, 3.05) is 0 Å². The summed E-state index contributed by atoms with van der Waals surface area (Å²) < 4.78 is 6.01. The van der Waals surface area contributed by atoms with E-state index >= 15 is 0 Å². The molecule has 0 heterocycles. The molecule has 0 aromatic heterocycles. The average Bonchev–Trinajstić information content (AvgIpc) is 2.38. The molecule has 0 amide bonds. The molecule has 4 heteroatoms. The van der Waals surface area contributed by atoms with Crippen LogP contribution in [-0.4, -0.2) is 6.04 Å². The van der Waals surface area contributed by atoms with Crippen molar-refractivity contribution < 1.29 is 4.74 Å². The molecule has 0 spiro atoms. The predicted octanol–water partition coefficient (Wildman–Crippen LogP) is 5.29. The van der Waals surface area contributed by atoms with Gasteiger partial charge in [-0.25, -0.2) is 0 Å². The van der Waals surface area contributed by atoms with Gasteiger partial charge in [-0.05, 0) is 74.2 Å². The van der Waals surface area contributed by atoms with E-state index in [9.17, 15) is 0 Å². The fourth-order valence-corrected chi connectivity index (χ4v) is 2.55. The summed E-state index contributed by atoms with van der Waals surface area (Å²) in [5.74, 6) is 1.54. The Morgan fingerprint density at radius 1 is 1.10 bits per heavy atom. The number of benzene rings is 2. The summed E-state index contributed by atoms with van der Waals surface area (Å²) in [5.41, 5.74) is 8.88. The molecule has 0 radical (unpaired) electrons. The summed E-state index contributed by atoms with van der Waals surface area (Å²) in [5, 5.41) is 1.45. The highest BCUT2D eigenvalue weighted by Crippen LogP contribution is 2.32. The molecule has 0 aliphatic heterocycles. The Morgan fingerprint density at radius 3 is 2.29 bits per heavy atom. The lowest BCUT2D eigenvalue weighted by Crippen LogP contribution is -2.18. The summed E-state index contributed by atoms with van der Waals surface area (Å²) in [6, 6.07) is 9.49. The molecule has 21 heavy (non-hydrogen) atoms. The summed E-state index contributed by atoms with van der Waals surface area (Å²) in [6.07, 6.45) is 0.710. The first-order valence-corrected chi connectivity index (χ1v) is 7.61. The van der Waals surface area contributed by atoms with Gasteiger partial charge in [-0.3, -0.25) is 0 Å². The van der Waals surface area contributed by atoms with Crippen molar-refractivity contribution in [3.63, 3.8) is 0 Å². The molecule has 112 valence electrons. The molecule has 1 atom stereocenters. The summed E-state index contributed by atoms with van der Waals surface area (Å²) in [4.78, 5) is 0. The maximum Gasteiger partial charge on any atom is 0.130 e. The van der Waals surface area contributed by atoms with E-state index < -0.39 is 0 Å². The topological polar surface area (TPSA) is 35.2 Å². The van der Waals surface area contributed by atoms with Crippen LogP contribution < -0.4 is 10.5 Å². The van der Waals surface area contributed by atoms with Gasteiger partial charge in [0.05, 0.1) is 0 Å². The molecular formula is C17H19Cl2NO. The molecule has 0 aliphatic carbocycles. The van der Waals surface area contributed by atoms with E-state index in [0.29, 0.717) is 11.4 Å². The Hall–Kier alpha value is -1.22. The standard InChI is InChI=1S/C17H19Cl2NO/c1-10-6-15(7-11(2)17(10)19)21-16-5-4-14(18)9-13(16)8-12(3)20/h4-7,9,12H,8,20H2,1-3H3. The van der Waals surface area contributed by atoms with Crippen LogP contribution in [0.5, 0.6) is 11.5 Å². The molecule has 2 N–H and O–H groups in total. The highest BCUT2D eigenvalue weighted by molar-refractivity contribution is 6.32. The van der Waals surface area contributed by atoms with Crippen LogP contribution in [0.4, 0.5) is 0 Å². The second-order valence-electron chi connectivity index (χ2n) is 5.41. The van der Waals surface area contributed by atoms with E-state index in [-0.39, 0.29) is 6.04 Å². The number of halogens is 2. The smallest absolute Gasteiger partial charge is 0.130 e. The van der Waals surface area contributed by atoms with E-state index in [1.54, 1.807) is 0 Å². The zero-order chi connectivity index (χ0) is 15.6. The fraction of sp³-hybridized carbons (Fsp3) is 0.294. The van der Waals surface area contributed by atoms with Crippen molar-refractivity contribution >= 4 is 23.2 Å². The van der Waals surface area contributed by atoms with E-state index in [4.69, 9.17) is 33.7 Å². The van der Waals surface area contributed by atoms with Crippen molar-refractivity contribution in [1.82, 2.24) is 0 Å². The van der Waals surface area contributed by atoms with Gasteiger partial charge in [-0.1, -0.05) is 23.2 Å². The molecule has 0 fully saturated rings. The van der Waals surface area contributed by atoms with Crippen LogP contribution in [-0.2, 0) is 6.42 Å². The third-order valence-electron chi connectivity index (χ3n) is 3.20. The van der Waals surface area contributed by atoms with Crippen LogP contribution in [0.15, 0.2) is 30.3 Å². The van der Waals surface area contributed by atoms with Gasteiger partial charge in [0.25, 0.3) is 0 Å². The van der Waals surface area contributed by atoms with Crippen molar-refractivity contribution in [3.05, 3.63) is 57.1 Å². The molecule has 0 bridgehead atoms. The van der Waals surface area contributed by atoms with Gasteiger partial charge in [0, 0.05) is 16.1 Å². The molecular weight excluding hydrogens is 305 g/mol. The number of rotatable bonds is 4. The predicted molar refractivity (Wildman–Crippen MR) is 89.8 cm³/mol. The zero-order valence-corrected chi connectivity index (χ0v) is 13.9. The maximum absolute atomic E-state index is 6.18. The van der Waals surface area contributed by atoms with Crippen molar-refractivity contribution in [2.24, 2.45) is 5.73 Å². The second kappa shape index (κ2) is 6.69. The van der Waals surface area contributed by atoms with Gasteiger partial charge in [-0.15, -0.1) is 0 Å². The number of hydrogen-bond acceptors (Lipinski definition) is 2. The highest BCUT2D eigenvalue weighted by Gasteiger charge is 2.10. The van der Waals surface area contributed by atoms with E-state index in [1.165, 1.54) is 0 Å². The van der Waals surface area contributed by atoms with Crippen molar-refractivity contribution in [3.8, 4) is 11.5 Å². The van der Waals surface area contributed by atoms with E-state index in [0.717, 1.165) is 33.2 Å². The first-order valence-electron chi connectivity index (χ1n) is 6.85. The molecule has 0 saturated carbocycles. The van der Waals surface area contributed by atoms with Crippen LogP contribution in [0.1, 0.15) is 23.6 Å². The summed E-state index contributed by atoms with van der Waals surface area (Å²) in [7, 11) is 0. The minimum Gasteiger partial charge on any atom is -0.457 e. The fourth-order valence-electron chi connectivity index (χ4n) is 2.25. The quantitative estimate of drug-likeness (QED) is 0.829. The SMILES string of the molecule is Cc1cc(Oc2ccc(Cl)cc2CC(C)N)cc(C)c1Cl. The lowest BCUT2D eigenvalue weighted by Gasteiger charge is -2.15. The van der Waals surface area contributed by atoms with Crippen LogP contribution in [0.3, 0.4) is 0 Å². The molecule has 0 aliphatic rings. The Bertz CT molecular complexity index is 630. The molecule has 2 aromatic carbocycles. The Labute approximate surface area is 135 Å². The highest BCUT2D eigenvalue weighted by atomic mass is 35.5. The van der Waals surface area contributed by atoms with Gasteiger partial charge in [0.2, 0.25) is 0 Å². The van der Waals surface area contributed by atoms with Gasteiger partial charge < -0.3 is 10.5 Å². The molecule has 1 unspecified atom stereocenters. The Balaban J connectivity index is 2.35. The van der Waals surface area contributed by atoms with Gasteiger partial charge in [-0.2, -0.15) is 0 Å². The third-order valence-corrected chi connectivity index (χ3v) is 4.03. The van der Waals surface area contributed by atoms with Gasteiger partial charge in [0.1, 0.15) is 11.5 Å². The Kier molecular flexibility index (Phi) is 5.15. The monoisotopic (exact) mass is 323 g/mol. The van der Waals surface area contributed by atoms with E-state index in [1.807, 2.05) is 51.1 Å². The van der Waals surface area contributed by atoms with Crippen LogP contribution in [0.2, 0.25) is 10.0 Å². The molecule has 0 saturated heterocycles. The number of nitrogens with two attached hydrogens (primary N) is 1. The number of ether oxygens (including phenoxy) is 1. The molecule has 2 aromatic rings. The summed E-state index contributed by atoms with van der Waals surface area (Å²) in [6.45, 7) is 5.89. The molecule has 2 nitrogen and oxygen atoms in total. The van der Waals surface area contributed by atoms with Gasteiger partial charge >= 0.3 is 0 Å². The normalized spacial score (nSPS) is 12.3. The summed E-state index contributed by atoms with van der Waals surface area (Å²) >= 11 is 12.2. The third kappa shape index (κ3) is 4.13. The average molecular weight is 324 g/mol. The second-order valence-corrected chi connectivity index (χ2v) is 6.22. The van der Waals surface area contributed by atoms with Gasteiger partial charge in [0.15, 0.2) is 0 Å². The van der Waals surface area contributed by atoms with E-state index in [2.05, 4.69) is 0 Å². The Morgan fingerprint density at radius 2 is 1.71 bits per heavy atom. The molecule has 2 rings (SSSR count). The first-order chi connectivity index (χ1) is 9.86. The van der Waals surface area contributed by atoms with Crippen LogP contribution >= 0.6 is 23.2 Å². The largest absolute Gasteiger partial charge is 0.457 e. The van der Waals surface area contributed by atoms with Crippen molar-refractivity contribution in [1.29, 1.82) is 0 Å². The van der Waals surface area contributed by atoms with Crippen molar-refractivity contribution in [2.45, 2.75) is 33.2 Å². The minimum atomic E-state index is 0.0412. The number of aryl methyl sites for hydroxylation is 2. The maximum atomic E-state index is 6.18. The van der Waals surface area contributed by atoms with Crippen LogP contribution in [0.25, 0.3) is 0 Å². The lowest BCUT2D eigenvalue weighted by molar-refractivity contribution is 0.473. The number of hydrogen-bond donors (Lipinski definition) is 1. The first kappa shape index (κ1) is 16.2. The van der Waals surface area contributed by atoms with Crippen LogP contribution in [0, 0.1) is 13.8 Å². The minimum absolute atomic E-state index is 0.0412. The lowest BCUT2D eigenvalue weighted by atomic mass is 10.1.